The molecule has 0 saturated carbocycles. The topological polar surface area (TPSA) is 65.8 Å². The number of hydrogen-bond acceptors (Lipinski definition) is 4. The van der Waals surface area contributed by atoms with Crippen LogP contribution in [-0.2, 0) is 0 Å². The first-order valence-corrected chi connectivity index (χ1v) is 6.23. The number of aromatic nitrogens is 1. The van der Waals surface area contributed by atoms with E-state index < -0.39 is 0 Å². The fourth-order valence-corrected chi connectivity index (χ4v) is 2.28. The minimum Gasteiger partial charge on any atom is -0.298 e. The van der Waals surface area contributed by atoms with E-state index in [9.17, 15) is 4.79 Å². The molecular formula is C11H6BrN3OS. The van der Waals surface area contributed by atoms with Crippen LogP contribution in [0, 0.1) is 11.3 Å². The molecule has 4 nitrogen and oxygen atoms in total. The minimum atomic E-state index is -0.240. The first-order chi connectivity index (χ1) is 8.19. The Morgan fingerprint density at radius 2 is 2.12 bits per heavy atom. The predicted octanol–water partition coefficient (Wildman–Crippen LogP) is 3.03. The van der Waals surface area contributed by atoms with Gasteiger partial charge in [0.25, 0.3) is 5.91 Å². The molecule has 0 atom stereocenters. The molecule has 0 bridgehead atoms. The van der Waals surface area contributed by atoms with Crippen molar-refractivity contribution in [3.8, 4) is 6.07 Å². The molecule has 1 heterocycles. The van der Waals surface area contributed by atoms with Crippen molar-refractivity contribution in [1.82, 2.24) is 4.98 Å². The van der Waals surface area contributed by atoms with E-state index in [1.54, 1.807) is 30.5 Å². The summed E-state index contributed by atoms with van der Waals surface area (Å²) in [5, 5.41) is 11.8. The molecule has 1 aromatic heterocycles. The summed E-state index contributed by atoms with van der Waals surface area (Å²) in [6, 6.07) is 8.42. The van der Waals surface area contributed by atoms with Crippen LogP contribution >= 0.6 is 27.3 Å². The number of thiazole rings is 1. The summed E-state index contributed by atoms with van der Waals surface area (Å²) in [6.07, 6.45) is 1.62. The average Bonchev–Trinajstić information content (AvgIpc) is 2.75. The van der Waals surface area contributed by atoms with Crippen LogP contribution in [0.1, 0.15) is 15.9 Å². The molecule has 6 heteroatoms. The summed E-state index contributed by atoms with van der Waals surface area (Å²) in [5.74, 6) is -0.240. The van der Waals surface area contributed by atoms with E-state index in [1.165, 1.54) is 11.3 Å². The predicted molar refractivity (Wildman–Crippen MR) is 68.9 cm³/mol. The summed E-state index contributed by atoms with van der Waals surface area (Å²) >= 11 is 4.61. The number of nitrogens with zero attached hydrogens (tertiary/aromatic N) is 2. The third-order valence-electron chi connectivity index (χ3n) is 1.97. The first kappa shape index (κ1) is 11.8. The third-order valence-corrected chi connectivity index (χ3v) is 3.37. The zero-order valence-electron chi connectivity index (χ0n) is 8.48. The van der Waals surface area contributed by atoms with Gasteiger partial charge in [-0.1, -0.05) is 11.3 Å². The highest BCUT2D eigenvalue weighted by Crippen LogP contribution is 2.23. The van der Waals surface area contributed by atoms with Gasteiger partial charge in [0.05, 0.1) is 21.6 Å². The van der Waals surface area contributed by atoms with Gasteiger partial charge in [0.1, 0.15) is 0 Å². The lowest BCUT2D eigenvalue weighted by molar-refractivity contribution is 0.102. The molecule has 0 aliphatic rings. The highest BCUT2D eigenvalue weighted by Gasteiger charge is 2.08. The van der Waals surface area contributed by atoms with Gasteiger partial charge < -0.3 is 0 Å². The number of carbonyl (C=O) groups is 1. The Labute approximate surface area is 110 Å². The van der Waals surface area contributed by atoms with Crippen molar-refractivity contribution in [2.75, 3.05) is 5.32 Å². The second kappa shape index (κ2) is 5.08. The van der Waals surface area contributed by atoms with E-state index in [4.69, 9.17) is 5.26 Å². The molecule has 2 aromatic rings. The molecular weight excluding hydrogens is 302 g/mol. The van der Waals surface area contributed by atoms with Gasteiger partial charge in [-0.3, -0.25) is 10.1 Å². The number of nitriles is 1. The lowest BCUT2D eigenvalue weighted by atomic mass is 10.1. The van der Waals surface area contributed by atoms with Crippen molar-refractivity contribution in [2.45, 2.75) is 0 Å². The lowest BCUT2D eigenvalue weighted by Crippen LogP contribution is -2.11. The smallest absolute Gasteiger partial charge is 0.257 e. The van der Waals surface area contributed by atoms with Gasteiger partial charge in [-0.25, -0.2) is 4.98 Å². The summed E-state index contributed by atoms with van der Waals surface area (Å²) in [5.41, 5.74) is 1.02. The van der Waals surface area contributed by atoms with Crippen LogP contribution in [-0.4, -0.2) is 10.9 Å². The Hall–Kier alpha value is -1.71. The summed E-state index contributed by atoms with van der Waals surface area (Å²) in [6.45, 7) is 0. The molecule has 0 fully saturated rings. The Balaban J connectivity index is 2.12. The van der Waals surface area contributed by atoms with Crippen LogP contribution in [0.2, 0.25) is 0 Å². The second-order valence-corrected chi connectivity index (χ2v) is 5.52. The molecule has 0 unspecified atom stereocenters. The van der Waals surface area contributed by atoms with Gasteiger partial charge in [-0.05, 0) is 40.2 Å². The van der Waals surface area contributed by atoms with Crippen LogP contribution in [0.15, 0.2) is 34.2 Å². The Kier molecular flexibility index (Phi) is 3.52. The molecule has 2 rings (SSSR count). The van der Waals surface area contributed by atoms with Crippen molar-refractivity contribution in [3.05, 3.63) is 45.4 Å². The number of rotatable bonds is 2. The van der Waals surface area contributed by atoms with E-state index in [1.807, 2.05) is 6.07 Å². The number of nitrogens with one attached hydrogen (secondary N) is 1. The molecule has 0 saturated heterocycles. The second-order valence-electron chi connectivity index (χ2n) is 3.11. The van der Waals surface area contributed by atoms with Crippen LogP contribution in [0.3, 0.4) is 0 Å². The number of anilines is 1. The highest BCUT2D eigenvalue weighted by atomic mass is 79.9. The fraction of sp³-hybridized carbons (Fsp3) is 0. The number of amides is 1. The maximum atomic E-state index is 11.8. The van der Waals surface area contributed by atoms with Crippen molar-refractivity contribution < 1.29 is 4.79 Å². The third kappa shape index (κ3) is 2.90. The van der Waals surface area contributed by atoms with Crippen LogP contribution in [0.5, 0.6) is 0 Å². The Morgan fingerprint density at radius 3 is 2.65 bits per heavy atom. The molecule has 0 aliphatic heterocycles. The van der Waals surface area contributed by atoms with E-state index in [2.05, 4.69) is 26.2 Å². The van der Waals surface area contributed by atoms with Crippen molar-refractivity contribution in [1.29, 1.82) is 5.26 Å². The normalized spacial score (nSPS) is 9.65. The van der Waals surface area contributed by atoms with E-state index >= 15 is 0 Å². The number of carbonyl (C=O) groups excluding carboxylic acids is 1. The minimum absolute atomic E-state index is 0.240. The number of benzene rings is 1. The lowest BCUT2D eigenvalue weighted by Gasteiger charge is -2.00. The van der Waals surface area contributed by atoms with E-state index in [0.717, 1.165) is 3.79 Å². The average molecular weight is 308 g/mol. The monoisotopic (exact) mass is 307 g/mol. The fourth-order valence-electron chi connectivity index (χ4n) is 1.18. The molecule has 1 N–H and O–H groups in total. The van der Waals surface area contributed by atoms with Crippen molar-refractivity contribution >= 4 is 38.3 Å². The van der Waals surface area contributed by atoms with Crippen LogP contribution in [0.25, 0.3) is 0 Å². The van der Waals surface area contributed by atoms with E-state index in [-0.39, 0.29) is 5.91 Å². The van der Waals surface area contributed by atoms with Gasteiger partial charge in [0.2, 0.25) is 0 Å². The zero-order valence-corrected chi connectivity index (χ0v) is 10.9. The molecule has 84 valence electrons. The van der Waals surface area contributed by atoms with Gasteiger partial charge in [-0.15, -0.1) is 0 Å². The standard InChI is InChI=1S/C11H6BrN3OS/c12-9-6-14-11(17-9)15-10(16)8-3-1-7(5-13)2-4-8/h1-4,6H,(H,14,15,16). The van der Waals surface area contributed by atoms with Gasteiger partial charge in [-0.2, -0.15) is 5.26 Å². The molecule has 17 heavy (non-hydrogen) atoms. The summed E-state index contributed by atoms with van der Waals surface area (Å²) in [7, 11) is 0. The summed E-state index contributed by atoms with van der Waals surface area (Å²) < 4.78 is 0.854. The maximum absolute atomic E-state index is 11.8. The number of hydrogen-bond donors (Lipinski definition) is 1. The molecule has 0 aliphatic carbocycles. The summed E-state index contributed by atoms with van der Waals surface area (Å²) in [4.78, 5) is 15.8. The highest BCUT2D eigenvalue weighted by molar-refractivity contribution is 9.11. The van der Waals surface area contributed by atoms with Crippen molar-refractivity contribution in [2.24, 2.45) is 0 Å². The Morgan fingerprint density at radius 1 is 1.41 bits per heavy atom. The Bertz CT molecular complexity index is 586. The van der Waals surface area contributed by atoms with Gasteiger partial charge in [0.15, 0.2) is 5.13 Å². The van der Waals surface area contributed by atoms with Gasteiger partial charge >= 0.3 is 0 Å². The van der Waals surface area contributed by atoms with E-state index in [0.29, 0.717) is 16.3 Å². The largest absolute Gasteiger partial charge is 0.298 e. The van der Waals surface area contributed by atoms with Crippen molar-refractivity contribution in [3.63, 3.8) is 0 Å². The quantitative estimate of drug-likeness (QED) is 0.927. The zero-order chi connectivity index (χ0) is 12.3. The molecule has 0 radical (unpaired) electrons. The first-order valence-electron chi connectivity index (χ1n) is 4.62. The van der Waals surface area contributed by atoms with Gasteiger partial charge in [0, 0.05) is 5.56 Å². The molecule has 1 amide bonds. The number of halogens is 1. The molecule has 1 aromatic carbocycles. The SMILES string of the molecule is N#Cc1ccc(C(=O)Nc2ncc(Br)s2)cc1. The molecule has 0 spiro atoms. The van der Waals surface area contributed by atoms with Crippen LogP contribution < -0.4 is 5.32 Å². The maximum Gasteiger partial charge on any atom is 0.257 e. The van der Waals surface area contributed by atoms with Crippen LogP contribution in [0.4, 0.5) is 5.13 Å².